The summed E-state index contributed by atoms with van der Waals surface area (Å²) in [6.07, 6.45) is 0. The number of nitrogens with one attached hydrogen (secondary N) is 1. The zero-order valence-corrected chi connectivity index (χ0v) is 4.22. The number of nitrogens with two attached hydrogens (primary N) is 1. The summed E-state index contributed by atoms with van der Waals surface area (Å²) in [5, 5.41) is 6.74. The molecule has 0 aliphatic carbocycles. The van der Waals surface area contributed by atoms with Gasteiger partial charge in [-0.25, -0.2) is 0 Å². The number of hydrogen-bond donors (Lipinski definition) is 2. The Balaban J connectivity index is 2.83. The van der Waals surface area contributed by atoms with E-state index in [0.717, 1.165) is 0 Å². The highest BCUT2D eigenvalue weighted by molar-refractivity contribution is 8.13. The Labute approximate surface area is 41.6 Å². The maximum atomic E-state index is 6.60. The number of hydrogen-bond acceptors (Lipinski definition) is 2. The molecule has 0 spiro atoms. The lowest BCUT2D eigenvalue weighted by Crippen LogP contribution is -2.03. The smallest absolute Gasteiger partial charge is 0.151 e. The minimum absolute atomic E-state index is 0.144. The zero-order chi connectivity index (χ0) is 4.99. The van der Waals surface area contributed by atoms with E-state index < -0.39 is 0 Å². The zero-order valence-electron chi connectivity index (χ0n) is 3.40. The van der Waals surface area contributed by atoms with Crippen LogP contribution in [-0.4, -0.2) is 10.9 Å². The second-order valence-corrected chi connectivity index (χ2v) is 1.85. The van der Waals surface area contributed by atoms with Gasteiger partial charge in [0.25, 0.3) is 0 Å². The van der Waals surface area contributed by atoms with Gasteiger partial charge in [0.05, 0.1) is 0 Å². The molecule has 0 amide bonds. The fourth-order valence-electron chi connectivity index (χ4n) is 0.110. The van der Waals surface area contributed by atoms with Gasteiger partial charge in [-0.05, 0) is 6.92 Å². The maximum absolute atomic E-state index is 6.60. The van der Waals surface area contributed by atoms with Crippen molar-refractivity contribution in [1.29, 1.82) is 5.41 Å². The van der Waals surface area contributed by atoms with Crippen molar-refractivity contribution in [3.05, 3.63) is 6.92 Å². The molecule has 0 aliphatic heterocycles. The van der Waals surface area contributed by atoms with E-state index in [1.165, 1.54) is 11.8 Å². The molecule has 0 fully saturated rings. The second-order valence-electron chi connectivity index (χ2n) is 0.713. The highest BCUT2D eigenvalue weighted by Gasteiger charge is 1.79. The van der Waals surface area contributed by atoms with Crippen LogP contribution < -0.4 is 5.73 Å². The standard InChI is InChI=1S/C3H7N2S/c1-2-6-3(4)5/h1-2H2,(H3,4,5). The Bertz CT molecular complexity index is 52.8. The lowest BCUT2D eigenvalue weighted by molar-refractivity contribution is 1.50. The van der Waals surface area contributed by atoms with Gasteiger partial charge in [-0.2, -0.15) is 0 Å². The first-order valence-corrected chi connectivity index (χ1v) is 2.52. The van der Waals surface area contributed by atoms with Crippen LogP contribution in [0.3, 0.4) is 0 Å². The molecule has 0 saturated heterocycles. The first kappa shape index (κ1) is 5.82. The largest absolute Gasteiger partial charge is 0.379 e. The number of rotatable bonds is 1. The molecular formula is C3H7N2S. The third-order valence-electron chi connectivity index (χ3n) is 0.258. The monoisotopic (exact) mass is 103 g/mol. The summed E-state index contributed by atoms with van der Waals surface area (Å²) in [7, 11) is 0. The molecule has 0 aromatic rings. The third kappa shape index (κ3) is 3.82. The molecule has 0 aromatic heterocycles. The highest BCUT2D eigenvalue weighted by Crippen LogP contribution is 1.92. The Morgan fingerprint density at radius 2 is 2.50 bits per heavy atom. The van der Waals surface area contributed by atoms with Crippen LogP contribution in [0.15, 0.2) is 0 Å². The van der Waals surface area contributed by atoms with E-state index >= 15 is 0 Å². The van der Waals surface area contributed by atoms with Gasteiger partial charge >= 0.3 is 0 Å². The van der Waals surface area contributed by atoms with Gasteiger partial charge in [0, 0.05) is 5.75 Å². The van der Waals surface area contributed by atoms with Crippen LogP contribution in [0.25, 0.3) is 0 Å². The molecule has 0 saturated carbocycles. The van der Waals surface area contributed by atoms with Gasteiger partial charge in [0.2, 0.25) is 0 Å². The van der Waals surface area contributed by atoms with E-state index in [2.05, 4.69) is 6.92 Å². The summed E-state index contributed by atoms with van der Waals surface area (Å²) < 4.78 is 0. The van der Waals surface area contributed by atoms with Gasteiger partial charge < -0.3 is 5.73 Å². The van der Waals surface area contributed by atoms with Crippen molar-refractivity contribution >= 4 is 16.9 Å². The summed E-state index contributed by atoms with van der Waals surface area (Å²) >= 11 is 1.24. The molecule has 0 unspecified atom stereocenters. The lowest BCUT2D eigenvalue weighted by atomic mass is 11.0. The summed E-state index contributed by atoms with van der Waals surface area (Å²) in [5.74, 6) is 0.648. The molecule has 6 heavy (non-hydrogen) atoms. The highest BCUT2D eigenvalue weighted by atomic mass is 32.2. The molecular weight excluding hydrogens is 96.1 g/mol. The molecule has 0 heterocycles. The fourth-order valence-corrected chi connectivity index (χ4v) is 0.330. The quantitative estimate of drug-likeness (QED) is 0.374. The van der Waals surface area contributed by atoms with Gasteiger partial charge in [-0.15, -0.1) is 0 Å². The topological polar surface area (TPSA) is 49.9 Å². The molecule has 0 atom stereocenters. The van der Waals surface area contributed by atoms with Crippen molar-refractivity contribution in [3.8, 4) is 0 Å². The molecule has 3 heteroatoms. The van der Waals surface area contributed by atoms with E-state index in [4.69, 9.17) is 11.1 Å². The Hall–Kier alpha value is -0.180. The molecule has 0 bridgehead atoms. The molecule has 2 nitrogen and oxygen atoms in total. The third-order valence-corrected chi connectivity index (χ3v) is 0.773. The van der Waals surface area contributed by atoms with Crippen LogP contribution in [0.5, 0.6) is 0 Å². The van der Waals surface area contributed by atoms with Crippen molar-refractivity contribution in [1.82, 2.24) is 0 Å². The average molecular weight is 103 g/mol. The van der Waals surface area contributed by atoms with Gasteiger partial charge in [0.15, 0.2) is 5.17 Å². The van der Waals surface area contributed by atoms with Crippen LogP contribution in [-0.2, 0) is 0 Å². The molecule has 0 aromatic carbocycles. The Morgan fingerprint density at radius 3 is 2.50 bits per heavy atom. The summed E-state index contributed by atoms with van der Waals surface area (Å²) in [5.41, 5.74) is 4.91. The summed E-state index contributed by atoms with van der Waals surface area (Å²) in [6.45, 7) is 3.47. The Morgan fingerprint density at radius 1 is 2.00 bits per heavy atom. The van der Waals surface area contributed by atoms with Crippen LogP contribution in [0, 0.1) is 12.3 Å². The minimum atomic E-state index is 0.144. The van der Waals surface area contributed by atoms with E-state index in [-0.39, 0.29) is 5.17 Å². The molecule has 1 radical (unpaired) electrons. The van der Waals surface area contributed by atoms with Crippen LogP contribution in [0.4, 0.5) is 0 Å². The molecule has 35 valence electrons. The van der Waals surface area contributed by atoms with Gasteiger partial charge in [-0.1, -0.05) is 11.8 Å². The summed E-state index contributed by atoms with van der Waals surface area (Å²) in [4.78, 5) is 0. The van der Waals surface area contributed by atoms with Crippen LogP contribution in [0.1, 0.15) is 0 Å². The number of amidine groups is 1. The predicted molar refractivity (Wildman–Crippen MR) is 29.7 cm³/mol. The first-order valence-electron chi connectivity index (χ1n) is 1.53. The second kappa shape index (κ2) is 3.03. The average Bonchev–Trinajstić information content (AvgIpc) is 1.35. The van der Waals surface area contributed by atoms with Crippen molar-refractivity contribution in [3.63, 3.8) is 0 Å². The normalized spacial score (nSPS) is 8.17. The van der Waals surface area contributed by atoms with E-state index in [1.807, 2.05) is 0 Å². The number of thioether (sulfide) groups is 1. The minimum Gasteiger partial charge on any atom is -0.379 e. The predicted octanol–water partition coefficient (Wildman–Crippen LogP) is 0.447. The van der Waals surface area contributed by atoms with Crippen LogP contribution in [0.2, 0.25) is 0 Å². The SMILES string of the molecule is [CH2]CSC(=N)N. The van der Waals surface area contributed by atoms with Crippen molar-refractivity contribution in [2.45, 2.75) is 0 Å². The van der Waals surface area contributed by atoms with Crippen molar-refractivity contribution < 1.29 is 0 Å². The molecule has 0 aliphatic rings. The van der Waals surface area contributed by atoms with Crippen molar-refractivity contribution in [2.24, 2.45) is 5.73 Å². The molecule has 3 N–H and O–H groups in total. The van der Waals surface area contributed by atoms with E-state index in [1.54, 1.807) is 0 Å². The van der Waals surface area contributed by atoms with E-state index in [0.29, 0.717) is 5.75 Å². The van der Waals surface area contributed by atoms with Crippen molar-refractivity contribution in [2.75, 3.05) is 5.75 Å². The van der Waals surface area contributed by atoms with Gasteiger partial charge in [0.1, 0.15) is 0 Å². The maximum Gasteiger partial charge on any atom is 0.151 e. The lowest BCUT2D eigenvalue weighted by Gasteiger charge is -1.85. The Kier molecular flexibility index (Phi) is 2.94. The van der Waals surface area contributed by atoms with E-state index in [9.17, 15) is 0 Å². The summed E-state index contributed by atoms with van der Waals surface area (Å²) in [6, 6.07) is 0. The first-order chi connectivity index (χ1) is 2.77. The van der Waals surface area contributed by atoms with Crippen LogP contribution >= 0.6 is 11.8 Å². The molecule has 0 rings (SSSR count). The fraction of sp³-hybridized carbons (Fsp3) is 0.333. The van der Waals surface area contributed by atoms with Gasteiger partial charge in [-0.3, -0.25) is 5.41 Å².